The summed E-state index contributed by atoms with van der Waals surface area (Å²) in [5, 5.41) is 10.7. The van der Waals surface area contributed by atoms with Crippen LogP contribution in [0.2, 0.25) is 0 Å². The van der Waals surface area contributed by atoms with Gasteiger partial charge < -0.3 is 5.32 Å². The summed E-state index contributed by atoms with van der Waals surface area (Å²) in [5.41, 5.74) is 0. The number of hydrogen-bond acceptors (Lipinski definition) is 3. The van der Waals surface area contributed by atoms with E-state index >= 15 is 0 Å². The van der Waals surface area contributed by atoms with Crippen molar-refractivity contribution in [3.63, 3.8) is 0 Å². The van der Waals surface area contributed by atoms with Gasteiger partial charge in [0.05, 0.1) is 0 Å². The summed E-state index contributed by atoms with van der Waals surface area (Å²) in [6, 6.07) is 0. The molecule has 0 aromatic carbocycles. The normalized spacial score (nSPS) is 27.0. The Morgan fingerprint density at radius 1 is 1.43 bits per heavy atom. The quantitative estimate of drug-likeness (QED) is 0.757. The number of aryl methyl sites for hydroxylation is 1. The highest BCUT2D eigenvalue weighted by Gasteiger charge is 2.27. The van der Waals surface area contributed by atoms with Gasteiger partial charge in [-0.1, -0.05) is 13.8 Å². The topological polar surface area (TPSA) is 53.6 Å². The Morgan fingerprint density at radius 2 is 2.29 bits per heavy atom. The lowest BCUT2D eigenvalue weighted by Crippen LogP contribution is -2.09. The zero-order valence-corrected chi connectivity index (χ0v) is 8.88. The minimum absolute atomic E-state index is 0.497. The summed E-state index contributed by atoms with van der Waals surface area (Å²) < 4.78 is 0. The van der Waals surface area contributed by atoms with Crippen molar-refractivity contribution < 1.29 is 0 Å². The Bertz CT molecular complexity index is 294. The van der Waals surface area contributed by atoms with Crippen LogP contribution in [0.1, 0.15) is 37.8 Å². The van der Waals surface area contributed by atoms with E-state index in [1.165, 1.54) is 0 Å². The Kier molecular flexibility index (Phi) is 2.82. The standard InChI is InChI=1S/C10H18N4/c1-3-4-9-12-10(14-13-9)8-6-11-5-7(8)2/h7-8,11H,3-6H2,1-2H3,(H,12,13,14)/t7-,8-/m1/s1. The highest BCUT2D eigenvalue weighted by molar-refractivity contribution is 5.03. The van der Waals surface area contributed by atoms with Crippen LogP contribution in [0.15, 0.2) is 0 Å². The van der Waals surface area contributed by atoms with Crippen molar-refractivity contribution in [1.29, 1.82) is 0 Å². The minimum atomic E-state index is 0.497. The van der Waals surface area contributed by atoms with Crippen molar-refractivity contribution >= 4 is 0 Å². The molecule has 4 nitrogen and oxygen atoms in total. The Balaban J connectivity index is 2.08. The number of H-pyrrole nitrogens is 1. The fourth-order valence-electron chi connectivity index (χ4n) is 1.98. The van der Waals surface area contributed by atoms with Crippen LogP contribution in [-0.2, 0) is 6.42 Å². The summed E-state index contributed by atoms with van der Waals surface area (Å²) >= 11 is 0. The first kappa shape index (κ1) is 9.65. The number of nitrogens with one attached hydrogen (secondary N) is 2. The largest absolute Gasteiger partial charge is 0.316 e. The first-order valence-electron chi connectivity index (χ1n) is 5.43. The van der Waals surface area contributed by atoms with Crippen LogP contribution in [-0.4, -0.2) is 28.3 Å². The molecule has 1 aromatic rings. The molecule has 1 aromatic heterocycles. The van der Waals surface area contributed by atoms with Gasteiger partial charge in [0.25, 0.3) is 0 Å². The van der Waals surface area contributed by atoms with Crippen molar-refractivity contribution in [1.82, 2.24) is 20.5 Å². The van der Waals surface area contributed by atoms with E-state index in [1.807, 2.05) is 0 Å². The highest BCUT2D eigenvalue weighted by Crippen LogP contribution is 2.24. The molecular weight excluding hydrogens is 176 g/mol. The SMILES string of the molecule is CCCc1nc([C@@H]2CNC[C@H]2C)n[nH]1. The number of rotatable bonds is 3. The van der Waals surface area contributed by atoms with Gasteiger partial charge in [0.1, 0.15) is 5.82 Å². The molecule has 2 N–H and O–H groups in total. The fourth-order valence-corrected chi connectivity index (χ4v) is 1.98. The summed E-state index contributed by atoms with van der Waals surface area (Å²) in [4.78, 5) is 4.53. The van der Waals surface area contributed by atoms with Crippen LogP contribution in [0.4, 0.5) is 0 Å². The molecule has 1 fully saturated rings. The van der Waals surface area contributed by atoms with Crippen molar-refractivity contribution in [3.05, 3.63) is 11.6 Å². The number of aromatic nitrogens is 3. The van der Waals surface area contributed by atoms with Gasteiger partial charge in [-0.15, -0.1) is 0 Å². The minimum Gasteiger partial charge on any atom is -0.316 e. The van der Waals surface area contributed by atoms with Crippen LogP contribution in [0.3, 0.4) is 0 Å². The van der Waals surface area contributed by atoms with E-state index in [0.29, 0.717) is 11.8 Å². The monoisotopic (exact) mass is 194 g/mol. The summed E-state index contributed by atoms with van der Waals surface area (Å²) in [6.45, 7) is 6.51. The molecule has 2 atom stereocenters. The lowest BCUT2D eigenvalue weighted by atomic mass is 9.98. The maximum Gasteiger partial charge on any atom is 0.155 e. The first-order valence-corrected chi connectivity index (χ1v) is 5.43. The lowest BCUT2D eigenvalue weighted by Gasteiger charge is -2.08. The highest BCUT2D eigenvalue weighted by atomic mass is 15.2. The van der Waals surface area contributed by atoms with Crippen LogP contribution >= 0.6 is 0 Å². The maximum absolute atomic E-state index is 4.53. The van der Waals surface area contributed by atoms with E-state index in [1.54, 1.807) is 0 Å². The third-order valence-electron chi connectivity index (χ3n) is 2.88. The van der Waals surface area contributed by atoms with Gasteiger partial charge in [0.2, 0.25) is 0 Å². The third kappa shape index (κ3) is 1.80. The molecule has 0 unspecified atom stereocenters. The zero-order chi connectivity index (χ0) is 9.97. The molecule has 2 rings (SSSR count). The molecule has 4 heteroatoms. The summed E-state index contributed by atoms with van der Waals surface area (Å²) in [7, 11) is 0. The zero-order valence-electron chi connectivity index (χ0n) is 8.88. The van der Waals surface area contributed by atoms with Crippen molar-refractivity contribution in [2.24, 2.45) is 5.92 Å². The molecule has 1 aliphatic heterocycles. The van der Waals surface area contributed by atoms with Crippen molar-refractivity contribution in [2.75, 3.05) is 13.1 Å². The van der Waals surface area contributed by atoms with E-state index in [2.05, 4.69) is 34.3 Å². The molecule has 0 amide bonds. The first-order chi connectivity index (χ1) is 6.81. The molecule has 0 aliphatic carbocycles. The predicted octanol–water partition coefficient (Wildman–Crippen LogP) is 1.08. The van der Waals surface area contributed by atoms with E-state index in [0.717, 1.165) is 37.6 Å². The smallest absolute Gasteiger partial charge is 0.155 e. The predicted molar refractivity (Wildman–Crippen MR) is 55.2 cm³/mol. The Labute approximate surface area is 84.5 Å². The van der Waals surface area contributed by atoms with E-state index < -0.39 is 0 Å². The second-order valence-corrected chi connectivity index (χ2v) is 4.13. The molecule has 14 heavy (non-hydrogen) atoms. The van der Waals surface area contributed by atoms with Gasteiger partial charge in [-0.2, -0.15) is 5.10 Å². The van der Waals surface area contributed by atoms with E-state index in [-0.39, 0.29) is 0 Å². The van der Waals surface area contributed by atoms with Crippen LogP contribution in [0.5, 0.6) is 0 Å². The fraction of sp³-hybridized carbons (Fsp3) is 0.800. The number of nitrogens with zero attached hydrogens (tertiary/aromatic N) is 2. The third-order valence-corrected chi connectivity index (χ3v) is 2.88. The average Bonchev–Trinajstić information content (AvgIpc) is 2.74. The molecule has 0 spiro atoms. The van der Waals surface area contributed by atoms with Crippen molar-refractivity contribution in [3.8, 4) is 0 Å². The molecule has 0 bridgehead atoms. The second-order valence-electron chi connectivity index (χ2n) is 4.13. The van der Waals surface area contributed by atoms with Gasteiger partial charge in [-0.05, 0) is 18.9 Å². The molecule has 2 heterocycles. The molecule has 78 valence electrons. The number of aromatic amines is 1. The van der Waals surface area contributed by atoms with Crippen molar-refractivity contribution in [2.45, 2.75) is 32.6 Å². The van der Waals surface area contributed by atoms with Gasteiger partial charge >= 0.3 is 0 Å². The van der Waals surface area contributed by atoms with E-state index in [9.17, 15) is 0 Å². The summed E-state index contributed by atoms with van der Waals surface area (Å²) in [5.74, 6) is 3.17. The van der Waals surface area contributed by atoms with Gasteiger partial charge in [0, 0.05) is 18.9 Å². The molecule has 0 saturated carbocycles. The molecule has 1 saturated heterocycles. The average molecular weight is 194 g/mol. The van der Waals surface area contributed by atoms with E-state index in [4.69, 9.17) is 0 Å². The van der Waals surface area contributed by atoms with Crippen LogP contribution in [0, 0.1) is 5.92 Å². The Hall–Kier alpha value is -0.900. The summed E-state index contributed by atoms with van der Waals surface area (Å²) in [6.07, 6.45) is 2.12. The second kappa shape index (κ2) is 4.09. The number of hydrogen-bond donors (Lipinski definition) is 2. The Morgan fingerprint density at radius 3 is 2.93 bits per heavy atom. The van der Waals surface area contributed by atoms with Gasteiger partial charge in [-0.25, -0.2) is 4.98 Å². The van der Waals surface area contributed by atoms with Gasteiger partial charge in [0.15, 0.2) is 5.82 Å². The lowest BCUT2D eigenvalue weighted by molar-refractivity contribution is 0.547. The van der Waals surface area contributed by atoms with Crippen LogP contribution in [0.25, 0.3) is 0 Å². The molecule has 1 aliphatic rings. The molecular formula is C10H18N4. The maximum atomic E-state index is 4.53. The molecule has 0 radical (unpaired) electrons. The van der Waals surface area contributed by atoms with Crippen LogP contribution < -0.4 is 5.32 Å². The van der Waals surface area contributed by atoms with Gasteiger partial charge in [-0.3, -0.25) is 5.10 Å².